The Kier molecular flexibility index (Phi) is 9.59. The van der Waals surface area contributed by atoms with Crippen molar-refractivity contribution in [3.8, 4) is 56.0 Å². The number of halogens is 12. The summed E-state index contributed by atoms with van der Waals surface area (Å²) < 4.78 is 186. The number of para-hydroxylation sites is 2. The second kappa shape index (κ2) is 14.3. The molecule has 0 spiro atoms. The Bertz CT molecular complexity index is 2510. The lowest BCUT2D eigenvalue weighted by Crippen LogP contribution is -2.11. The fraction of sp³-hybridized carbons (Fsp3) is 0.156. The zero-order chi connectivity index (χ0) is 42.1. The Hall–Kier alpha value is -6.18. The Labute approximate surface area is 327 Å². The first kappa shape index (κ1) is 39.6. The van der Waals surface area contributed by atoms with Crippen molar-refractivity contribution in [2.75, 3.05) is 13.2 Å². The second-order valence-corrected chi connectivity index (χ2v) is 13.8. The molecular formula is C45H26F12O2. The predicted octanol–water partition coefficient (Wildman–Crippen LogP) is 14.9. The topological polar surface area (TPSA) is 18.5 Å². The van der Waals surface area contributed by atoms with Crippen LogP contribution in [0.25, 0.3) is 66.1 Å². The third kappa shape index (κ3) is 7.40. The fourth-order valence-corrected chi connectivity index (χ4v) is 7.63. The summed E-state index contributed by atoms with van der Waals surface area (Å²) in [4.78, 5) is 0. The molecule has 0 unspecified atom stereocenters. The molecule has 4 bridgehead atoms. The SMILES string of the molecule is FC(F)(F)c1cc(-c2c3cccc4c3c(-c3cc(C(F)(F)F)cc(C(F)(F)F)c3)c3cccc(c23)-c2ccccc2OCCCOc2ccccc2-4)cc(C(F)(F)F)c1. The van der Waals surface area contributed by atoms with Gasteiger partial charge in [0.2, 0.25) is 0 Å². The first-order chi connectivity index (χ1) is 27.8. The molecule has 1 aliphatic rings. The lowest BCUT2D eigenvalue weighted by atomic mass is 9.80. The van der Waals surface area contributed by atoms with Gasteiger partial charge in [0.05, 0.1) is 35.5 Å². The predicted molar refractivity (Wildman–Crippen MR) is 199 cm³/mol. The van der Waals surface area contributed by atoms with Gasteiger partial charge in [0.25, 0.3) is 0 Å². The van der Waals surface area contributed by atoms with E-state index < -0.39 is 58.1 Å². The zero-order valence-corrected chi connectivity index (χ0v) is 30.0. The highest BCUT2D eigenvalue weighted by Crippen LogP contribution is 2.53. The number of alkyl halides is 12. The van der Waals surface area contributed by atoms with Crippen LogP contribution < -0.4 is 9.47 Å². The summed E-state index contributed by atoms with van der Waals surface area (Å²) in [6.45, 7) is 0.183. The summed E-state index contributed by atoms with van der Waals surface area (Å²) in [5.41, 5.74) is -7.14. The van der Waals surface area contributed by atoms with E-state index in [0.29, 0.717) is 41.8 Å². The van der Waals surface area contributed by atoms with Crippen molar-refractivity contribution in [3.63, 3.8) is 0 Å². The molecule has 0 radical (unpaired) electrons. The van der Waals surface area contributed by atoms with Gasteiger partial charge in [0.15, 0.2) is 0 Å². The molecule has 59 heavy (non-hydrogen) atoms. The van der Waals surface area contributed by atoms with Gasteiger partial charge in [-0.05, 0) is 103 Å². The number of fused-ring (bicyclic) bond motifs is 4. The number of hydrogen-bond acceptors (Lipinski definition) is 2. The molecule has 0 aromatic heterocycles. The minimum atomic E-state index is -5.27. The third-order valence-corrected chi connectivity index (χ3v) is 10.1. The molecule has 0 fully saturated rings. The highest BCUT2D eigenvalue weighted by atomic mass is 19.4. The Morgan fingerprint density at radius 1 is 0.356 bits per heavy atom. The molecule has 0 saturated carbocycles. The van der Waals surface area contributed by atoms with Crippen LogP contribution in [0.1, 0.15) is 28.7 Å². The number of benzene rings is 7. The number of hydrogen-bond donors (Lipinski definition) is 0. The number of ether oxygens (including phenoxy) is 2. The monoisotopic (exact) mass is 826 g/mol. The number of rotatable bonds is 2. The van der Waals surface area contributed by atoms with E-state index in [2.05, 4.69) is 0 Å². The average Bonchev–Trinajstić information content (AvgIpc) is 3.18. The lowest BCUT2D eigenvalue weighted by Gasteiger charge is -2.24. The van der Waals surface area contributed by atoms with Gasteiger partial charge in [-0.1, -0.05) is 72.8 Å². The van der Waals surface area contributed by atoms with E-state index >= 15 is 0 Å². The molecule has 14 heteroatoms. The van der Waals surface area contributed by atoms with Crippen LogP contribution in [-0.4, -0.2) is 13.2 Å². The Balaban J connectivity index is 1.69. The molecular weight excluding hydrogens is 800 g/mol. The molecule has 0 N–H and O–H groups in total. The first-order valence-electron chi connectivity index (χ1n) is 17.9. The van der Waals surface area contributed by atoms with E-state index in [1.54, 1.807) is 48.5 Å². The van der Waals surface area contributed by atoms with Gasteiger partial charge < -0.3 is 9.47 Å². The lowest BCUT2D eigenvalue weighted by molar-refractivity contribution is -0.144. The molecule has 0 atom stereocenters. The maximum absolute atomic E-state index is 14.5. The zero-order valence-electron chi connectivity index (χ0n) is 30.0. The molecule has 7 aromatic rings. The molecule has 1 heterocycles. The summed E-state index contributed by atoms with van der Waals surface area (Å²) in [6, 6.07) is 23.6. The smallest absolute Gasteiger partial charge is 0.416 e. The summed E-state index contributed by atoms with van der Waals surface area (Å²) >= 11 is 0. The van der Waals surface area contributed by atoms with Gasteiger partial charge in [0.1, 0.15) is 11.5 Å². The van der Waals surface area contributed by atoms with E-state index in [1.165, 1.54) is 36.4 Å². The minimum Gasteiger partial charge on any atom is -0.493 e. The molecule has 0 aliphatic carbocycles. The second-order valence-electron chi connectivity index (χ2n) is 13.8. The van der Waals surface area contributed by atoms with Gasteiger partial charge >= 0.3 is 24.7 Å². The van der Waals surface area contributed by atoms with Crippen LogP contribution in [0.5, 0.6) is 11.5 Å². The highest BCUT2D eigenvalue weighted by molar-refractivity contribution is 6.27. The Morgan fingerprint density at radius 2 is 0.678 bits per heavy atom. The van der Waals surface area contributed by atoms with Crippen molar-refractivity contribution < 1.29 is 62.2 Å². The first-order valence-corrected chi connectivity index (χ1v) is 17.9. The van der Waals surface area contributed by atoms with Crippen LogP contribution in [0, 0.1) is 0 Å². The molecule has 0 amide bonds. The van der Waals surface area contributed by atoms with Gasteiger partial charge in [-0.2, -0.15) is 52.7 Å². The summed E-state index contributed by atoms with van der Waals surface area (Å²) in [7, 11) is 0. The third-order valence-electron chi connectivity index (χ3n) is 10.1. The fourth-order valence-electron chi connectivity index (χ4n) is 7.63. The Morgan fingerprint density at radius 3 is 1.02 bits per heavy atom. The van der Waals surface area contributed by atoms with Gasteiger partial charge in [0, 0.05) is 17.5 Å². The van der Waals surface area contributed by atoms with E-state index in [9.17, 15) is 52.7 Å². The van der Waals surface area contributed by atoms with Crippen LogP contribution in [0.3, 0.4) is 0 Å². The van der Waals surface area contributed by atoms with E-state index in [0.717, 1.165) is 0 Å². The van der Waals surface area contributed by atoms with Crippen molar-refractivity contribution in [3.05, 3.63) is 144 Å². The van der Waals surface area contributed by atoms with Crippen molar-refractivity contribution >= 4 is 21.5 Å². The van der Waals surface area contributed by atoms with Crippen LogP contribution in [0.4, 0.5) is 52.7 Å². The minimum absolute atomic E-state index is 0.0257. The standard InChI is InChI=1S/C45H26F12O2/c46-42(47,48)26-18-24(19-27(22-26)43(49,50)51)38-35-13-6-11-33-31-9-2-4-15-37(31)59-17-7-16-58-36-14-3-1-8-30(36)32-10-5-12-34(40(32)38)39(41(33)35)25-20-28(44(52,53)54)23-29(21-25)45(55,56)57/h1-6,8-15,18-23H,7,16-17H2. The molecule has 302 valence electrons. The van der Waals surface area contributed by atoms with Crippen molar-refractivity contribution in [2.24, 2.45) is 0 Å². The van der Waals surface area contributed by atoms with Gasteiger partial charge in [-0.15, -0.1) is 0 Å². The highest BCUT2D eigenvalue weighted by Gasteiger charge is 2.39. The summed E-state index contributed by atoms with van der Waals surface area (Å²) in [6.07, 6.45) is -20.7. The average molecular weight is 827 g/mol. The van der Waals surface area contributed by atoms with Gasteiger partial charge in [-0.25, -0.2) is 0 Å². The molecule has 7 aromatic carbocycles. The van der Waals surface area contributed by atoms with Crippen LogP contribution in [-0.2, 0) is 24.7 Å². The quantitative estimate of drug-likeness (QED) is 0.128. The molecule has 8 rings (SSSR count). The normalized spacial score (nSPS) is 13.8. The van der Waals surface area contributed by atoms with E-state index in [4.69, 9.17) is 9.47 Å². The van der Waals surface area contributed by atoms with Crippen LogP contribution >= 0.6 is 0 Å². The van der Waals surface area contributed by atoms with Crippen LogP contribution in [0.2, 0.25) is 0 Å². The summed E-state index contributed by atoms with van der Waals surface area (Å²) in [5.74, 6) is 0.463. The maximum atomic E-state index is 14.5. The van der Waals surface area contributed by atoms with Crippen molar-refractivity contribution in [1.82, 2.24) is 0 Å². The summed E-state index contributed by atoms with van der Waals surface area (Å²) in [5, 5.41) is -0.250. The van der Waals surface area contributed by atoms with Crippen molar-refractivity contribution in [1.29, 1.82) is 0 Å². The van der Waals surface area contributed by atoms with E-state index in [-0.39, 0.29) is 80.6 Å². The van der Waals surface area contributed by atoms with Gasteiger partial charge in [-0.3, -0.25) is 0 Å². The largest absolute Gasteiger partial charge is 0.493 e. The molecule has 2 nitrogen and oxygen atoms in total. The maximum Gasteiger partial charge on any atom is 0.416 e. The molecule has 0 saturated heterocycles. The van der Waals surface area contributed by atoms with Crippen LogP contribution in [0.15, 0.2) is 121 Å². The van der Waals surface area contributed by atoms with Crippen molar-refractivity contribution in [2.45, 2.75) is 31.1 Å². The van der Waals surface area contributed by atoms with E-state index in [1.807, 2.05) is 0 Å². The molecule has 1 aliphatic heterocycles.